The van der Waals surface area contributed by atoms with Crippen molar-refractivity contribution in [3.8, 4) is 0 Å². The number of aryl methyl sites for hydroxylation is 1. The lowest BCUT2D eigenvalue weighted by atomic mass is 10.1. The van der Waals surface area contributed by atoms with Crippen molar-refractivity contribution in [2.45, 2.75) is 46.6 Å². The molecule has 1 aliphatic heterocycles. The Kier molecular flexibility index (Phi) is 6.74. The van der Waals surface area contributed by atoms with E-state index in [9.17, 15) is 9.59 Å². The van der Waals surface area contributed by atoms with Crippen LogP contribution in [0.15, 0.2) is 29.3 Å². The van der Waals surface area contributed by atoms with Crippen molar-refractivity contribution in [1.82, 2.24) is 14.5 Å². The summed E-state index contributed by atoms with van der Waals surface area (Å²) in [4.78, 5) is 39.0. The smallest absolute Gasteiger partial charge is 0.273 e. The highest BCUT2D eigenvalue weighted by molar-refractivity contribution is 7.22. The van der Waals surface area contributed by atoms with E-state index in [-0.39, 0.29) is 18.0 Å². The van der Waals surface area contributed by atoms with Gasteiger partial charge < -0.3 is 15.1 Å². The number of hydrogen-bond donors (Lipinski definition) is 1. The number of aromatic nitrogens is 3. The quantitative estimate of drug-likeness (QED) is 0.587. The Morgan fingerprint density at radius 3 is 2.62 bits per heavy atom. The second kappa shape index (κ2) is 9.68. The molecule has 9 heteroatoms. The first-order chi connectivity index (χ1) is 15.5. The molecule has 0 unspecified atom stereocenters. The second-order valence-corrected chi connectivity index (χ2v) is 9.07. The summed E-state index contributed by atoms with van der Waals surface area (Å²) < 4.78 is 1.86. The van der Waals surface area contributed by atoms with E-state index < -0.39 is 0 Å². The lowest BCUT2D eigenvalue weighted by Crippen LogP contribution is -2.29. The van der Waals surface area contributed by atoms with E-state index in [2.05, 4.69) is 45.0 Å². The third-order valence-electron chi connectivity index (χ3n) is 5.93. The van der Waals surface area contributed by atoms with Gasteiger partial charge in [0, 0.05) is 37.6 Å². The van der Waals surface area contributed by atoms with E-state index in [0.717, 1.165) is 61.1 Å². The van der Waals surface area contributed by atoms with Crippen LogP contribution in [0.25, 0.3) is 10.3 Å². The molecule has 1 N–H and O–H groups in total. The summed E-state index contributed by atoms with van der Waals surface area (Å²) in [5.41, 5.74) is 3.10. The molecule has 0 atom stereocenters. The normalized spacial score (nSPS) is 14.0. The molecule has 3 heterocycles. The zero-order chi connectivity index (χ0) is 22.7. The van der Waals surface area contributed by atoms with Crippen LogP contribution >= 0.6 is 11.3 Å². The van der Waals surface area contributed by atoms with Gasteiger partial charge in [0.2, 0.25) is 5.91 Å². The fourth-order valence-corrected chi connectivity index (χ4v) is 5.11. The summed E-state index contributed by atoms with van der Waals surface area (Å²) in [5, 5.41) is 3.77. The number of carbonyl (C=O) groups is 1. The van der Waals surface area contributed by atoms with E-state index >= 15 is 0 Å². The SMILES string of the molecule is CCN(CC)c1ccc(NC(=O)Cn2cnc3nc(N4CCCCC4)sc3c2=O)c(C)c1. The monoisotopic (exact) mass is 454 g/mol. The molecule has 8 nitrogen and oxygen atoms in total. The molecular weight excluding hydrogens is 424 g/mol. The third kappa shape index (κ3) is 4.62. The number of rotatable bonds is 7. The highest BCUT2D eigenvalue weighted by atomic mass is 32.1. The zero-order valence-electron chi connectivity index (χ0n) is 18.9. The summed E-state index contributed by atoms with van der Waals surface area (Å²) in [6.45, 7) is 9.91. The van der Waals surface area contributed by atoms with Gasteiger partial charge in [0.1, 0.15) is 17.6 Å². The van der Waals surface area contributed by atoms with Crippen molar-refractivity contribution in [2.75, 3.05) is 41.3 Å². The van der Waals surface area contributed by atoms with Gasteiger partial charge in [0.25, 0.3) is 5.56 Å². The molecule has 1 aliphatic rings. The third-order valence-corrected chi connectivity index (χ3v) is 7.02. The fourth-order valence-electron chi connectivity index (χ4n) is 4.09. The van der Waals surface area contributed by atoms with Gasteiger partial charge in [-0.1, -0.05) is 11.3 Å². The summed E-state index contributed by atoms with van der Waals surface area (Å²) in [6.07, 6.45) is 4.94. The Bertz CT molecular complexity index is 1160. The van der Waals surface area contributed by atoms with Gasteiger partial charge in [0.15, 0.2) is 10.8 Å². The first-order valence-electron chi connectivity index (χ1n) is 11.3. The van der Waals surface area contributed by atoms with Gasteiger partial charge in [-0.15, -0.1) is 0 Å². The van der Waals surface area contributed by atoms with E-state index in [1.54, 1.807) is 0 Å². The highest BCUT2D eigenvalue weighted by Crippen LogP contribution is 2.27. The minimum Gasteiger partial charge on any atom is -0.372 e. The number of thiazole rings is 1. The molecular formula is C23H30N6O2S. The summed E-state index contributed by atoms with van der Waals surface area (Å²) >= 11 is 1.37. The van der Waals surface area contributed by atoms with Gasteiger partial charge in [0.05, 0.1) is 0 Å². The van der Waals surface area contributed by atoms with Crippen LogP contribution in [0, 0.1) is 6.92 Å². The second-order valence-electron chi connectivity index (χ2n) is 8.09. The molecule has 3 aromatic rings. The highest BCUT2D eigenvalue weighted by Gasteiger charge is 2.18. The number of hydrogen-bond acceptors (Lipinski definition) is 7. The molecule has 0 aliphatic carbocycles. The van der Waals surface area contributed by atoms with Crippen molar-refractivity contribution in [2.24, 2.45) is 0 Å². The Labute approximate surface area is 191 Å². The van der Waals surface area contributed by atoms with Crippen LogP contribution in [0.3, 0.4) is 0 Å². The molecule has 4 rings (SSSR count). The average Bonchev–Trinajstić information content (AvgIpc) is 3.24. The number of amides is 1. The molecule has 0 spiro atoms. The van der Waals surface area contributed by atoms with Crippen molar-refractivity contribution < 1.29 is 4.79 Å². The number of nitrogens with zero attached hydrogens (tertiary/aromatic N) is 5. The fraction of sp³-hybridized carbons (Fsp3) is 0.478. The lowest BCUT2D eigenvalue weighted by Gasteiger charge is -2.25. The summed E-state index contributed by atoms with van der Waals surface area (Å²) in [5.74, 6) is -0.257. The number of fused-ring (bicyclic) bond motifs is 1. The van der Waals surface area contributed by atoms with Crippen molar-refractivity contribution in [3.63, 3.8) is 0 Å². The van der Waals surface area contributed by atoms with Gasteiger partial charge in [-0.25, -0.2) is 4.98 Å². The van der Waals surface area contributed by atoms with Crippen molar-refractivity contribution in [1.29, 1.82) is 0 Å². The standard InChI is InChI=1S/C23H30N6O2S/c1-4-27(5-2)17-9-10-18(16(3)13-17)25-19(30)14-29-15-24-21-20(22(29)31)32-23(26-21)28-11-7-6-8-12-28/h9-10,13,15H,4-8,11-12,14H2,1-3H3,(H,25,30). The number of anilines is 3. The van der Waals surface area contributed by atoms with Crippen LogP contribution < -0.4 is 20.7 Å². The Balaban J connectivity index is 1.49. The minimum atomic E-state index is -0.257. The topological polar surface area (TPSA) is 83.4 Å². The number of carbonyl (C=O) groups excluding carboxylic acids is 1. The first-order valence-corrected chi connectivity index (χ1v) is 12.1. The summed E-state index contributed by atoms with van der Waals surface area (Å²) in [6, 6.07) is 6.00. The molecule has 1 amide bonds. The molecule has 170 valence electrons. The summed E-state index contributed by atoms with van der Waals surface area (Å²) in [7, 11) is 0. The minimum absolute atomic E-state index is 0.0873. The van der Waals surface area contributed by atoms with Crippen molar-refractivity contribution in [3.05, 3.63) is 40.4 Å². The van der Waals surface area contributed by atoms with Gasteiger partial charge in [-0.2, -0.15) is 4.98 Å². The molecule has 0 saturated carbocycles. The van der Waals surface area contributed by atoms with Crippen LogP contribution in [0.1, 0.15) is 38.7 Å². The maximum absolute atomic E-state index is 13.0. The Hall–Kier alpha value is -2.94. The Morgan fingerprint density at radius 1 is 1.19 bits per heavy atom. The maximum Gasteiger partial charge on any atom is 0.273 e. The molecule has 1 fully saturated rings. The number of piperidine rings is 1. The van der Waals surface area contributed by atoms with Crippen LogP contribution in [0.2, 0.25) is 0 Å². The Morgan fingerprint density at radius 2 is 1.94 bits per heavy atom. The molecule has 0 radical (unpaired) electrons. The lowest BCUT2D eigenvalue weighted by molar-refractivity contribution is -0.116. The molecule has 0 bridgehead atoms. The van der Waals surface area contributed by atoms with E-state index in [4.69, 9.17) is 0 Å². The molecule has 32 heavy (non-hydrogen) atoms. The maximum atomic E-state index is 13.0. The van der Waals surface area contributed by atoms with E-state index in [1.165, 1.54) is 28.7 Å². The molecule has 1 saturated heterocycles. The zero-order valence-corrected chi connectivity index (χ0v) is 19.7. The largest absolute Gasteiger partial charge is 0.372 e. The van der Waals surface area contributed by atoms with Crippen LogP contribution in [-0.2, 0) is 11.3 Å². The first kappa shape index (κ1) is 22.3. The van der Waals surface area contributed by atoms with Gasteiger partial charge >= 0.3 is 0 Å². The van der Waals surface area contributed by atoms with E-state index in [1.807, 2.05) is 19.1 Å². The predicted octanol–water partition coefficient (Wildman–Crippen LogP) is 3.64. The van der Waals surface area contributed by atoms with Gasteiger partial charge in [-0.05, 0) is 63.8 Å². The van der Waals surface area contributed by atoms with Gasteiger partial charge in [-0.3, -0.25) is 14.2 Å². The van der Waals surface area contributed by atoms with Crippen LogP contribution in [0.5, 0.6) is 0 Å². The van der Waals surface area contributed by atoms with Crippen molar-refractivity contribution >= 4 is 44.1 Å². The van der Waals surface area contributed by atoms with Crippen LogP contribution in [-0.4, -0.2) is 46.6 Å². The van der Waals surface area contributed by atoms with Crippen LogP contribution in [0.4, 0.5) is 16.5 Å². The number of nitrogens with one attached hydrogen (secondary N) is 1. The number of benzene rings is 1. The average molecular weight is 455 g/mol. The predicted molar refractivity (Wildman–Crippen MR) is 131 cm³/mol. The molecule has 1 aromatic carbocycles. The molecule has 2 aromatic heterocycles. The van der Waals surface area contributed by atoms with E-state index in [0.29, 0.717) is 10.3 Å².